The van der Waals surface area contributed by atoms with Crippen molar-refractivity contribution in [2.24, 2.45) is 0 Å². The first-order valence-corrected chi connectivity index (χ1v) is 9.06. The van der Waals surface area contributed by atoms with Gasteiger partial charge in [0, 0.05) is 29.2 Å². The molecule has 2 aromatic heterocycles. The van der Waals surface area contributed by atoms with Crippen LogP contribution in [0, 0.1) is 13.8 Å². The van der Waals surface area contributed by atoms with Crippen molar-refractivity contribution in [3.05, 3.63) is 83.7 Å². The maximum absolute atomic E-state index is 12.7. The molecule has 0 saturated heterocycles. The van der Waals surface area contributed by atoms with Crippen LogP contribution in [0.25, 0.3) is 16.9 Å². The number of rotatable bonds is 4. The van der Waals surface area contributed by atoms with E-state index in [2.05, 4.69) is 5.32 Å². The molecule has 0 saturated carbocycles. The largest absolute Gasteiger partial charge is 0.497 e. The highest BCUT2D eigenvalue weighted by Gasteiger charge is 2.12. The first kappa shape index (κ1) is 17.8. The van der Waals surface area contributed by atoms with Crippen molar-refractivity contribution in [2.45, 2.75) is 13.8 Å². The first-order chi connectivity index (χ1) is 13.5. The van der Waals surface area contributed by atoms with E-state index in [-0.39, 0.29) is 5.91 Å². The molecule has 0 aliphatic heterocycles. The topological polar surface area (TPSA) is 55.6 Å². The minimum atomic E-state index is -0.176. The summed E-state index contributed by atoms with van der Waals surface area (Å²) in [5, 5.41) is 3.00. The molecule has 0 aliphatic rings. The van der Waals surface area contributed by atoms with E-state index >= 15 is 0 Å². The van der Waals surface area contributed by atoms with Crippen molar-refractivity contribution in [1.82, 2.24) is 9.38 Å². The Bertz CT molecular complexity index is 1180. The van der Waals surface area contributed by atoms with E-state index in [1.807, 2.05) is 67.0 Å². The number of carbonyl (C=O) groups excluding carboxylic acids is 1. The fourth-order valence-electron chi connectivity index (χ4n) is 3.17. The normalized spacial score (nSPS) is 10.8. The van der Waals surface area contributed by atoms with Crippen molar-refractivity contribution in [2.75, 3.05) is 12.4 Å². The Morgan fingerprint density at radius 3 is 2.68 bits per heavy atom. The highest BCUT2D eigenvalue weighted by atomic mass is 16.5. The van der Waals surface area contributed by atoms with Crippen molar-refractivity contribution in [1.29, 1.82) is 0 Å². The molecule has 5 heteroatoms. The summed E-state index contributed by atoms with van der Waals surface area (Å²) in [5.74, 6) is 0.475. The maximum atomic E-state index is 12.7. The van der Waals surface area contributed by atoms with Crippen molar-refractivity contribution >= 4 is 17.2 Å². The second kappa shape index (κ2) is 7.19. The number of pyridine rings is 1. The number of hydrogen-bond acceptors (Lipinski definition) is 3. The third-order valence-corrected chi connectivity index (χ3v) is 4.79. The Morgan fingerprint density at radius 2 is 1.89 bits per heavy atom. The lowest BCUT2D eigenvalue weighted by molar-refractivity contribution is 0.102. The van der Waals surface area contributed by atoms with Gasteiger partial charge in [0.1, 0.15) is 11.4 Å². The highest BCUT2D eigenvalue weighted by molar-refractivity contribution is 6.05. The van der Waals surface area contributed by atoms with E-state index in [1.54, 1.807) is 25.3 Å². The Hall–Kier alpha value is -3.60. The third-order valence-electron chi connectivity index (χ3n) is 4.79. The fraction of sp³-hybridized carbons (Fsp3) is 0.130. The number of methoxy groups -OCH3 is 1. The maximum Gasteiger partial charge on any atom is 0.255 e. The van der Waals surface area contributed by atoms with Crippen LogP contribution in [0.2, 0.25) is 0 Å². The minimum Gasteiger partial charge on any atom is -0.497 e. The van der Waals surface area contributed by atoms with Crippen LogP contribution in [0.3, 0.4) is 0 Å². The average Bonchev–Trinajstić information content (AvgIpc) is 3.15. The van der Waals surface area contributed by atoms with Gasteiger partial charge in [-0.3, -0.25) is 4.79 Å². The van der Waals surface area contributed by atoms with Crippen LogP contribution >= 0.6 is 0 Å². The van der Waals surface area contributed by atoms with Crippen LogP contribution in [0.15, 0.2) is 67.0 Å². The zero-order valence-corrected chi connectivity index (χ0v) is 16.1. The standard InChI is InChI=1S/C23H21N3O2/c1-15-9-10-17(21-14-26-11-5-6-16(2)22(26)24-21)13-20(15)25-23(27)18-7-4-8-19(12-18)28-3/h4-14H,1-3H3,(H,25,27). The number of fused-ring (bicyclic) bond motifs is 1. The van der Waals surface area contributed by atoms with Gasteiger partial charge < -0.3 is 14.5 Å². The van der Waals surface area contributed by atoms with E-state index < -0.39 is 0 Å². The molecule has 0 aliphatic carbocycles. The number of hydrogen-bond donors (Lipinski definition) is 1. The number of aryl methyl sites for hydroxylation is 2. The summed E-state index contributed by atoms with van der Waals surface area (Å²) in [6.45, 7) is 4.01. The molecule has 140 valence electrons. The molecule has 0 fully saturated rings. The lowest BCUT2D eigenvalue weighted by Gasteiger charge is -2.10. The molecule has 2 aromatic carbocycles. The Balaban J connectivity index is 1.66. The molecule has 0 spiro atoms. The Morgan fingerprint density at radius 1 is 1.04 bits per heavy atom. The van der Waals surface area contributed by atoms with Gasteiger partial charge in [-0.25, -0.2) is 4.98 Å². The van der Waals surface area contributed by atoms with Gasteiger partial charge in [0.15, 0.2) is 0 Å². The fourth-order valence-corrected chi connectivity index (χ4v) is 3.17. The monoisotopic (exact) mass is 371 g/mol. The predicted molar refractivity (Wildman–Crippen MR) is 111 cm³/mol. The summed E-state index contributed by atoms with van der Waals surface area (Å²) in [4.78, 5) is 17.4. The van der Waals surface area contributed by atoms with Crippen LogP contribution in [0.4, 0.5) is 5.69 Å². The number of anilines is 1. The number of amides is 1. The molecule has 0 bridgehead atoms. The van der Waals surface area contributed by atoms with E-state index in [4.69, 9.17) is 9.72 Å². The molecular formula is C23H21N3O2. The van der Waals surface area contributed by atoms with Gasteiger partial charge in [-0.15, -0.1) is 0 Å². The number of nitrogens with one attached hydrogen (secondary N) is 1. The summed E-state index contributed by atoms with van der Waals surface area (Å²) in [6, 6.07) is 17.1. The van der Waals surface area contributed by atoms with Crippen LogP contribution in [0.1, 0.15) is 21.5 Å². The number of aromatic nitrogens is 2. The Kier molecular flexibility index (Phi) is 4.57. The van der Waals surface area contributed by atoms with Crippen LogP contribution in [-0.2, 0) is 0 Å². The van der Waals surface area contributed by atoms with Crippen LogP contribution < -0.4 is 10.1 Å². The van der Waals surface area contributed by atoms with Crippen molar-refractivity contribution in [3.8, 4) is 17.0 Å². The van der Waals surface area contributed by atoms with Gasteiger partial charge in [-0.2, -0.15) is 0 Å². The molecule has 0 unspecified atom stereocenters. The molecular weight excluding hydrogens is 350 g/mol. The minimum absolute atomic E-state index is 0.176. The molecule has 5 nitrogen and oxygen atoms in total. The highest BCUT2D eigenvalue weighted by Crippen LogP contribution is 2.26. The molecule has 2 heterocycles. The van der Waals surface area contributed by atoms with Gasteiger partial charge in [-0.05, 0) is 55.3 Å². The lowest BCUT2D eigenvalue weighted by atomic mass is 10.1. The van der Waals surface area contributed by atoms with E-state index in [9.17, 15) is 4.79 Å². The zero-order valence-electron chi connectivity index (χ0n) is 16.1. The lowest BCUT2D eigenvalue weighted by Crippen LogP contribution is -2.12. The van der Waals surface area contributed by atoms with Crippen LogP contribution in [-0.4, -0.2) is 22.4 Å². The average molecular weight is 371 g/mol. The van der Waals surface area contributed by atoms with Gasteiger partial charge in [0.2, 0.25) is 0 Å². The third kappa shape index (κ3) is 3.34. The molecule has 0 radical (unpaired) electrons. The number of ether oxygens (including phenoxy) is 1. The summed E-state index contributed by atoms with van der Waals surface area (Å²) in [7, 11) is 1.58. The quantitative estimate of drug-likeness (QED) is 0.556. The number of nitrogens with zero attached hydrogens (tertiary/aromatic N) is 2. The summed E-state index contributed by atoms with van der Waals surface area (Å²) in [6.07, 6.45) is 3.99. The molecule has 4 aromatic rings. The number of imidazole rings is 1. The molecule has 28 heavy (non-hydrogen) atoms. The van der Waals surface area contributed by atoms with Gasteiger partial charge in [0.25, 0.3) is 5.91 Å². The number of carbonyl (C=O) groups is 1. The first-order valence-electron chi connectivity index (χ1n) is 9.06. The summed E-state index contributed by atoms with van der Waals surface area (Å²) >= 11 is 0. The van der Waals surface area contributed by atoms with Crippen molar-refractivity contribution in [3.63, 3.8) is 0 Å². The SMILES string of the molecule is COc1cccc(C(=O)Nc2cc(-c3cn4cccc(C)c4n3)ccc2C)c1. The molecule has 1 amide bonds. The summed E-state index contributed by atoms with van der Waals surface area (Å²) < 4.78 is 7.22. The van der Waals surface area contributed by atoms with Gasteiger partial charge in [0.05, 0.1) is 12.8 Å². The van der Waals surface area contributed by atoms with E-state index in [0.717, 1.165) is 33.7 Å². The summed E-state index contributed by atoms with van der Waals surface area (Å²) in [5.41, 5.74) is 6.17. The molecule has 1 N–H and O–H groups in total. The predicted octanol–water partition coefficient (Wildman–Crippen LogP) is 4.88. The number of benzene rings is 2. The second-order valence-corrected chi connectivity index (χ2v) is 6.76. The molecule has 0 atom stereocenters. The van der Waals surface area contributed by atoms with Crippen molar-refractivity contribution < 1.29 is 9.53 Å². The molecule has 4 rings (SSSR count). The van der Waals surface area contributed by atoms with E-state index in [1.165, 1.54) is 0 Å². The second-order valence-electron chi connectivity index (χ2n) is 6.76. The Labute approximate surface area is 163 Å². The smallest absolute Gasteiger partial charge is 0.255 e. The van der Waals surface area contributed by atoms with Gasteiger partial charge in [-0.1, -0.05) is 24.3 Å². The van der Waals surface area contributed by atoms with Crippen LogP contribution in [0.5, 0.6) is 5.75 Å². The van der Waals surface area contributed by atoms with E-state index in [0.29, 0.717) is 11.3 Å². The zero-order chi connectivity index (χ0) is 19.7. The van der Waals surface area contributed by atoms with Gasteiger partial charge >= 0.3 is 0 Å².